The number of nitrogens with zero attached hydrogens (tertiary/aromatic N) is 3. The van der Waals surface area contributed by atoms with E-state index in [1.807, 2.05) is 49.4 Å². The number of benzene rings is 1. The number of aryl methyl sites for hydroxylation is 1. The molecule has 1 aromatic carbocycles. The zero-order chi connectivity index (χ0) is 21.8. The highest BCUT2D eigenvalue weighted by Gasteiger charge is 2.67. The maximum absolute atomic E-state index is 13.4. The van der Waals surface area contributed by atoms with E-state index in [2.05, 4.69) is 10.2 Å². The zero-order valence-electron chi connectivity index (χ0n) is 17.9. The van der Waals surface area contributed by atoms with Gasteiger partial charge in [0.1, 0.15) is 11.4 Å². The summed E-state index contributed by atoms with van der Waals surface area (Å²) in [7, 11) is 3.37. The molecule has 2 saturated heterocycles. The minimum atomic E-state index is -0.718. The quantitative estimate of drug-likeness (QED) is 0.716. The Morgan fingerprint density at radius 1 is 1.42 bits per heavy atom. The molecule has 0 saturated carbocycles. The van der Waals surface area contributed by atoms with E-state index in [4.69, 9.17) is 9.47 Å². The fourth-order valence-electron chi connectivity index (χ4n) is 5.12. The van der Waals surface area contributed by atoms with Crippen LogP contribution in [0.3, 0.4) is 0 Å². The predicted molar refractivity (Wildman–Crippen MR) is 112 cm³/mol. The third-order valence-electron chi connectivity index (χ3n) is 6.51. The molecule has 2 aromatic rings. The lowest BCUT2D eigenvalue weighted by atomic mass is 9.76. The molecule has 8 heteroatoms. The van der Waals surface area contributed by atoms with Gasteiger partial charge in [-0.2, -0.15) is 5.10 Å². The fourth-order valence-corrected chi connectivity index (χ4v) is 5.12. The predicted octanol–water partition coefficient (Wildman–Crippen LogP) is 1.67. The van der Waals surface area contributed by atoms with Gasteiger partial charge < -0.3 is 19.3 Å². The van der Waals surface area contributed by atoms with Crippen LogP contribution >= 0.6 is 0 Å². The van der Waals surface area contributed by atoms with E-state index in [1.165, 1.54) is 0 Å². The van der Waals surface area contributed by atoms with Crippen molar-refractivity contribution in [2.24, 2.45) is 11.8 Å². The van der Waals surface area contributed by atoms with E-state index in [9.17, 15) is 9.59 Å². The van der Waals surface area contributed by atoms with Crippen molar-refractivity contribution in [3.8, 4) is 5.75 Å². The van der Waals surface area contributed by atoms with E-state index >= 15 is 0 Å². The number of hydrogen-bond donors (Lipinski definition) is 1. The molecule has 4 heterocycles. The Morgan fingerprint density at radius 2 is 2.26 bits per heavy atom. The molecule has 162 valence electrons. The number of fused-ring (bicyclic) bond motifs is 1. The molecule has 0 unspecified atom stereocenters. The van der Waals surface area contributed by atoms with Crippen LogP contribution in [0.25, 0.3) is 0 Å². The molecule has 2 amide bonds. The van der Waals surface area contributed by atoms with Crippen LogP contribution < -0.4 is 4.74 Å². The van der Waals surface area contributed by atoms with Gasteiger partial charge in [-0.05, 0) is 30.7 Å². The molecule has 3 aliphatic rings. The number of hydrogen-bond acceptors (Lipinski definition) is 5. The van der Waals surface area contributed by atoms with E-state index in [0.29, 0.717) is 19.6 Å². The van der Waals surface area contributed by atoms with Crippen molar-refractivity contribution in [2.45, 2.75) is 31.7 Å². The fraction of sp³-hybridized carbons (Fsp3) is 0.435. The SMILES string of the molecule is COc1cccc(CN2C[C@]34C=C[C@H](O3)[C@H](C(=O)N(C)Cc3cc(C)[nH]n3)[C@@H]4C2=O)c1. The number of H-pyrrole nitrogens is 1. The number of carbonyl (C=O) groups is 2. The maximum atomic E-state index is 13.4. The highest BCUT2D eigenvalue weighted by molar-refractivity contribution is 5.93. The van der Waals surface area contributed by atoms with Crippen LogP contribution in [0.2, 0.25) is 0 Å². The number of amides is 2. The second kappa shape index (κ2) is 7.23. The first-order chi connectivity index (χ1) is 14.9. The number of carbonyl (C=O) groups excluding carboxylic acids is 2. The normalized spacial score (nSPS) is 28.3. The topological polar surface area (TPSA) is 87.8 Å². The van der Waals surface area contributed by atoms with Crippen molar-refractivity contribution in [1.29, 1.82) is 0 Å². The number of aromatic amines is 1. The standard InChI is InChI=1S/C23H26N4O4/c1-14-9-16(25-24-14)12-26(2)21(28)19-18-7-8-23(31-18)13-27(22(29)20(19)23)11-15-5-4-6-17(10-15)30-3/h4-10,18-20H,11-13H2,1-3H3,(H,24,25)/t18-,19-,20+,23-/m0/s1. The maximum Gasteiger partial charge on any atom is 0.230 e. The monoisotopic (exact) mass is 422 g/mol. The largest absolute Gasteiger partial charge is 0.497 e. The molecule has 1 N–H and O–H groups in total. The molecule has 2 fully saturated rings. The molecule has 31 heavy (non-hydrogen) atoms. The first kappa shape index (κ1) is 19.8. The van der Waals surface area contributed by atoms with Crippen molar-refractivity contribution in [3.05, 3.63) is 59.4 Å². The Morgan fingerprint density at radius 3 is 3.00 bits per heavy atom. The van der Waals surface area contributed by atoms with Gasteiger partial charge in [-0.15, -0.1) is 0 Å². The number of rotatable bonds is 6. The smallest absolute Gasteiger partial charge is 0.230 e. The van der Waals surface area contributed by atoms with Crippen LogP contribution in [0.4, 0.5) is 0 Å². The summed E-state index contributed by atoms with van der Waals surface area (Å²) in [5, 5.41) is 7.11. The first-order valence-corrected chi connectivity index (χ1v) is 10.4. The minimum absolute atomic E-state index is 0.0305. The van der Waals surface area contributed by atoms with Crippen molar-refractivity contribution in [3.63, 3.8) is 0 Å². The van der Waals surface area contributed by atoms with Gasteiger partial charge >= 0.3 is 0 Å². The number of ether oxygens (including phenoxy) is 2. The summed E-state index contributed by atoms with van der Waals surface area (Å²) in [4.78, 5) is 30.2. The van der Waals surface area contributed by atoms with Gasteiger partial charge in [-0.1, -0.05) is 24.3 Å². The second-order valence-corrected chi connectivity index (χ2v) is 8.68. The Labute approximate surface area is 180 Å². The summed E-state index contributed by atoms with van der Waals surface area (Å²) < 4.78 is 11.5. The number of nitrogens with one attached hydrogen (secondary N) is 1. The Bertz CT molecular complexity index is 1060. The third-order valence-corrected chi connectivity index (χ3v) is 6.51. The zero-order valence-corrected chi connectivity index (χ0v) is 17.9. The Balaban J connectivity index is 1.35. The summed E-state index contributed by atoms with van der Waals surface area (Å²) in [5.41, 5.74) is 2.00. The lowest BCUT2D eigenvalue weighted by Gasteiger charge is -2.27. The van der Waals surface area contributed by atoms with Gasteiger partial charge in [0.25, 0.3) is 0 Å². The number of likely N-dealkylation sites (tertiary alicyclic amines) is 1. The van der Waals surface area contributed by atoms with Crippen molar-refractivity contribution < 1.29 is 19.1 Å². The molecule has 5 rings (SSSR count). The Kier molecular flexibility index (Phi) is 4.62. The summed E-state index contributed by atoms with van der Waals surface area (Å²) in [6, 6.07) is 9.60. The van der Waals surface area contributed by atoms with Gasteiger partial charge in [0, 0.05) is 19.3 Å². The van der Waals surface area contributed by atoms with E-state index in [1.54, 1.807) is 24.0 Å². The van der Waals surface area contributed by atoms with Crippen molar-refractivity contribution in [2.75, 3.05) is 20.7 Å². The molecular formula is C23H26N4O4. The lowest BCUT2D eigenvalue weighted by Crippen LogP contribution is -2.44. The molecule has 3 aliphatic heterocycles. The summed E-state index contributed by atoms with van der Waals surface area (Å²) in [5.74, 6) is -0.375. The molecular weight excluding hydrogens is 396 g/mol. The molecule has 2 bridgehead atoms. The molecule has 1 aromatic heterocycles. The highest BCUT2D eigenvalue weighted by atomic mass is 16.5. The van der Waals surface area contributed by atoms with Crippen molar-refractivity contribution >= 4 is 11.8 Å². The van der Waals surface area contributed by atoms with Crippen molar-refractivity contribution in [1.82, 2.24) is 20.0 Å². The van der Waals surface area contributed by atoms with E-state index in [-0.39, 0.29) is 17.9 Å². The molecule has 1 spiro atoms. The lowest BCUT2D eigenvalue weighted by molar-refractivity contribution is -0.142. The van der Waals surface area contributed by atoms with E-state index in [0.717, 1.165) is 22.7 Å². The average molecular weight is 422 g/mol. The van der Waals surface area contributed by atoms with E-state index < -0.39 is 17.4 Å². The summed E-state index contributed by atoms with van der Waals surface area (Å²) in [6.45, 7) is 3.22. The molecule has 8 nitrogen and oxygen atoms in total. The molecule has 4 atom stereocenters. The molecule has 0 radical (unpaired) electrons. The van der Waals surface area contributed by atoms with Gasteiger partial charge in [0.15, 0.2) is 0 Å². The van der Waals surface area contributed by atoms with Crippen LogP contribution in [0.5, 0.6) is 5.75 Å². The summed E-state index contributed by atoms with van der Waals surface area (Å²) >= 11 is 0. The van der Waals surface area contributed by atoms with Crippen LogP contribution in [-0.2, 0) is 27.4 Å². The van der Waals surface area contributed by atoms with Gasteiger partial charge in [0.05, 0.1) is 43.8 Å². The van der Waals surface area contributed by atoms with Crippen LogP contribution in [0, 0.1) is 18.8 Å². The number of methoxy groups -OCH3 is 1. The van der Waals surface area contributed by atoms with Crippen LogP contribution in [0.15, 0.2) is 42.5 Å². The minimum Gasteiger partial charge on any atom is -0.497 e. The van der Waals surface area contributed by atoms with Gasteiger partial charge in [0.2, 0.25) is 11.8 Å². The van der Waals surface area contributed by atoms with Crippen LogP contribution in [-0.4, -0.2) is 64.2 Å². The molecule has 0 aliphatic carbocycles. The second-order valence-electron chi connectivity index (χ2n) is 8.68. The average Bonchev–Trinajstić information content (AvgIpc) is 3.50. The highest BCUT2D eigenvalue weighted by Crippen LogP contribution is 2.52. The van der Waals surface area contributed by atoms with Gasteiger partial charge in [-0.25, -0.2) is 0 Å². The van der Waals surface area contributed by atoms with Gasteiger partial charge in [-0.3, -0.25) is 14.7 Å². The third kappa shape index (κ3) is 3.22. The first-order valence-electron chi connectivity index (χ1n) is 10.4. The Hall–Kier alpha value is -3.13. The summed E-state index contributed by atoms with van der Waals surface area (Å²) in [6.07, 6.45) is 3.56. The number of aromatic nitrogens is 2. The van der Waals surface area contributed by atoms with Crippen LogP contribution in [0.1, 0.15) is 17.0 Å².